The first-order chi connectivity index (χ1) is 9.31. The van der Waals surface area contributed by atoms with Gasteiger partial charge in [0.2, 0.25) is 5.95 Å². The van der Waals surface area contributed by atoms with Crippen LogP contribution in [0.4, 0.5) is 5.95 Å². The Balaban J connectivity index is 0.00000121. The molecule has 0 aliphatic carbocycles. The summed E-state index contributed by atoms with van der Waals surface area (Å²) in [4.78, 5) is 12.6. The number of dihydropyridines is 1. The van der Waals surface area contributed by atoms with E-state index in [1.165, 1.54) is 0 Å². The summed E-state index contributed by atoms with van der Waals surface area (Å²) in [6.07, 6.45) is 11.4. The maximum atomic E-state index is 5.57. The Morgan fingerprint density at radius 1 is 1.37 bits per heavy atom. The summed E-state index contributed by atoms with van der Waals surface area (Å²) in [6, 6.07) is 1.99. The van der Waals surface area contributed by atoms with Gasteiger partial charge in [0.25, 0.3) is 0 Å². The second-order valence-electron chi connectivity index (χ2n) is 4.41. The van der Waals surface area contributed by atoms with Crippen LogP contribution < -0.4 is 5.73 Å². The molecule has 2 aliphatic heterocycles. The number of anilines is 1. The van der Waals surface area contributed by atoms with E-state index >= 15 is 0 Å². The number of nitrogen functional groups attached to an aromatic ring is 1. The van der Waals surface area contributed by atoms with Crippen LogP contribution in [0.3, 0.4) is 0 Å². The van der Waals surface area contributed by atoms with Crippen molar-refractivity contribution < 1.29 is 1.43 Å². The molecule has 6 nitrogen and oxygen atoms in total. The maximum absolute atomic E-state index is 5.57. The summed E-state index contributed by atoms with van der Waals surface area (Å²) in [7, 11) is 0. The third-order valence-corrected chi connectivity index (χ3v) is 3.24. The zero-order chi connectivity index (χ0) is 12.8. The van der Waals surface area contributed by atoms with Gasteiger partial charge in [0, 0.05) is 25.6 Å². The van der Waals surface area contributed by atoms with Gasteiger partial charge in [0.05, 0.1) is 17.6 Å². The van der Waals surface area contributed by atoms with E-state index in [0.29, 0.717) is 0 Å². The molecule has 4 heterocycles. The summed E-state index contributed by atoms with van der Waals surface area (Å²) in [6.45, 7) is 0. The first kappa shape index (κ1) is 10.2. The Hall–Kier alpha value is -2.76. The number of aliphatic imine (C=N–C) groups is 2. The third kappa shape index (κ3) is 1.50. The summed E-state index contributed by atoms with van der Waals surface area (Å²) in [5.74, 6) is 1.27. The molecule has 2 aromatic rings. The van der Waals surface area contributed by atoms with Gasteiger partial charge in [0.15, 0.2) is 0 Å². The molecule has 0 spiro atoms. The van der Waals surface area contributed by atoms with Crippen molar-refractivity contribution in [1.29, 1.82) is 0 Å². The number of hydrogen-bond donors (Lipinski definition) is 1. The Bertz CT molecular complexity index is 798. The van der Waals surface area contributed by atoms with E-state index in [0.717, 1.165) is 22.5 Å². The van der Waals surface area contributed by atoms with E-state index in [1.54, 1.807) is 16.9 Å². The molecule has 0 saturated heterocycles. The molecule has 0 radical (unpaired) electrons. The van der Waals surface area contributed by atoms with E-state index in [-0.39, 0.29) is 13.3 Å². The molecule has 0 aromatic carbocycles. The van der Waals surface area contributed by atoms with Crippen LogP contribution in [-0.4, -0.2) is 26.6 Å². The van der Waals surface area contributed by atoms with Crippen molar-refractivity contribution in [2.24, 2.45) is 15.9 Å². The highest BCUT2D eigenvalue weighted by molar-refractivity contribution is 6.19. The Morgan fingerprint density at radius 2 is 2.32 bits per heavy atom. The number of amidine groups is 1. The van der Waals surface area contributed by atoms with Gasteiger partial charge in [-0.05, 0) is 11.6 Å². The molecule has 2 N–H and O–H groups in total. The zero-order valence-electron chi connectivity index (χ0n) is 9.93. The summed E-state index contributed by atoms with van der Waals surface area (Å²) in [5.41, 5.74) is 8.58. The third-order valence-electron chi connectivity index (χ3n) is 3.24. The number of fused-ring (bicyclic) bond motifs is 2. The van der Waals surface area contributed by atoms with Crippen LogP contribution in [0.1, 0.15) is 6.99 Å². The predicted octanol–water partition coefficient (Wildman–Crippen LogP) is 1.57. The average molecular weight is 252 g/mol. The molecule has 1 unspecified atom stereocenters. The minimum Gasteiger partial charge on any atom is -0.367 e. The lowest BCUT2D eigenvalue weighted by molar-refractivity contribution is 0.917. The molecule has 0 fully saturated rings. The average Bonchev–Trinajstić information content (AvgIpc) is 3.02. The molecule has 6 heteroatoms. The quantitative estimate of drug-likeness (QED) is 0.836. The number of hydrogen-bond acceptors (Lipinski definition) is 5. The Morgan fingerprint density at radius 3 is 3.26 bits per heavy atom. The summed E-state index contributed by atoms with van der Waals surface area (Å²) >= 11 is 0. The lowest BCUT2D eigenvalue weighted by Crippen LogP contribution is -2.10. The smallest absolute Gasteiger partial charge is 0.238 e. The number of rotatable bonds is 1. The van der Waals surface area contributed by atoms with Crippen molar-refractivity contribution in [1.82, 2.24) is 14.6 Å². The van der Waals surface area contributed by atoms with Gasteiger partial charge < -0.3 is 5.73 Å². The van der Waals surface area contributed by atoms with Crippen LogP contribution in [0.15, 0.2) is 46.8 Å². The molecule has 19 heavy (non-hydrogen) atoms. The fourth-order valence-electron chi connectivity index (χ4n) is 2.32. The van der Waals surface area contributed by atoms with Gasteiger partial charge in [-0.1, -0.05) is 12.2 Å². The van der Waals surface area contributed by atoms with Crippen LogP contribution in [0.25, 0.3) is 11.1 Å². The molecular weight excluding hydrogens is 240 g/mol. The van der Waals surface area contributed by atoms with Gasteiger partial charge in [0.1, 0.15) is 5.84 Å². The van der Waals surface area contributed by atoms with Crippen molar-refractivity contribution in [2.75, 3.05) is 5.73 Å². The van der Waals surface area contributed by atoms with Crippen molar-refractivity contribution >= 4 is 29.1 Å². The Labute approximate surface area is 110 Å². The molecule has 1 atom stereocenters. The molecule has 2 aliphatic rings. The molecule has 0 saturated carbocycles. The molecule has 0 bridgehead atoms. The highest BCUT2D eigenvalue weighted by Crippen LogP contribution is 2.26. The van der Waals surface area contributed by atoms with Crippen LogP contribution in [0.5, 0.6) is 0 Å². The zero-order valence-corrected chi connectivity index (χ0v) is 9.93. The minimum absolute atomic E-state index is 0. The fourth-order valence-corrected chi connectivity index (χ4v) is 2.32. The first-order valence-electron chi connectivity index (χ1n) is 5.92. The molecular formula is C13H12N6. The number of aromatic nitrogens is 3. The van der Waals surface area contributed by atoms with Crippen LogP contribution in [0, 0.1) is 5.92 Å². The monoisotopic (exact) mass is 252 g/mol. The fraction of sp³-hybridized carbons (Fsp3) is 0.0769. The minimum atomic E-state index is 0. The number of nitrogens with zero attached hydrogens (tertiary/aromatic N) is 5. The second kappa shape index (κ2) is 3.61. The molecule has 0 amide bonds. The highest BCUT2D eigenvalue weighted by Gasteiger charge is 2.19. The lowest BCUT2D eigenvalue weighted by atomic mass is 9.99. The topological polar surface area (TPSA) is 80.9 Å². The van der Waals surface area contributed by atoms with E-state index in [9.17, 15) is 0 Å². The van der Waals surface area contributed by atoms with Crippen molar-refractivity contribution in [3.63, 3.8) is 0 Å². The van der Waals surface area contributed by atoms with Gasteiger partial charge in [-0.2, -0.15) is 0 Å². The van der Waals surface area contributed by atoms with E-state index in [4.69, 9.17) is 5.73 Å². The molecule has 94 valence electrons. The van der Waals surface area contributed by atoms with Crippen LogP contribution in [-0.2, 0) is 0 Å². The summed E-state index contributed by atoms with van der Waals surface area (Å²) < 4.78 is 1.72. The van der Waals surface area contributed by atoms with Crippen molar-refractivity contribution in [2.45, 2.75) is 0 Å². The number of nitrogens with two attached hydrogens (primary N) is 1. The van der Waals surface area contributed by atoms with Gasteiger partial charge >= 0.3 is 0 Å². The molecule has 4 rings (SSSR count). The van der Waals surface area contributed by atoms with Crippen molar-refractivity contribution in [3.8, 4) is 0 Å². The maximum Gasteiger partial charge on any atom is 0.238 e. The largest absolute Gasteiger partial charge is 0.367 e. The standard InChI is InChI=1S/C13H10N6.H2/c14-13-17-7-11-10(2-4-19(11)18-13)9-5-8-1-3-15-12(8)16-6-9;/h1-8H,(H2,14,18);1H. The normalized spacial score (nSPS) is 20.5. The highest BCUT2D eigenvalue weighted by atomic mass is 15.3. The number of allylic oxidation sites excluding steroid dienone is 1. The predicted molar refractivity (Wildman–Crippen MR) is 76.0 cm³/mol. The van der Waals surface area contributed by atoms with E-state index < -0.39 is 0 Å². The SMILES string of the molecule is Nc1ncc2c(C3=CC4C=CN=C4N=C3)ccn2n1.[HH]. The lowest BCUT2D eigenvalue weighted by Gasteiger charge is -2.11. The second-order valence-corrected chi connectivity index (χ2v) is 4.41. The summed E-state index contributed by atoms with van der Waals surface area (Å²) in [5, 5.41) is 4.13. The van der Waals surface area contributed by atoms with Crippen LogP contribution >= 0.6 is 0 Å². The van der Waals surface area contributed by atoms with Gasteiger partial charge in [-0.25, -0.2) is 19.5 Å². The van der Waals surface area contributed by atoms with Crippen LogP contribution in [0.2, 0.25) is 0 Å². The Kier molecular flexibility index (Phi) is 1.94. The molecule has 2 aromatic heterocycles. The van der Waals surface area contributed by atoms with Gasteiger partial charge in [-0.3, -0.25) is 0 Å². The van der Waals surface area contributed by atoms with Gasteiger partial charge in [-0.15, -0.1) is 5.10 Å². The van der Waals surface area contributed by atoms with E-state index in [2.05, 4.69) is 26.1 Å². The first-order valence-corrected chi connectivity index (χ1v) is 5.92. The van der Waals surface area contributed by atoms with Crippen molar-refractivity contribution in [3.05, 3.63) is 42.4 Å². The van der Waals surface area contributed by atoms with E-state index in [1.807, 2.05) is 24.6 Å².